The maximum Gasteiger partial charge on any atom is 0.126 e. The molecule has 182 valence electrons. The first-order valence-electron chi connectivity index (χ1n) is 12.2. The van der Waals surface area contributed by atoms with Crippen molar-refractivity contribution < 1.29 is 9.13 Å². The largest absolute Gasteiger partial charge is 0.489 e. The predicted molar refractivity (Wildman–Crippen MR) is 141 cm³/mol. The summed E-state index contributed by atoms with van der Waals surface area (Å²) in [5, 5.41) is 12.8. The van der Waals surface area contributed by atoms with Crippen LogP contribution in [-0.2, 0) is 13.0 Å². The number of ether oxygens (including phenoxy) is 1. The monoisotopic (exact) mass is 470 g/mol. The second-order valence-corrected chi connectivity index (χ2v) is 9.62. The van der Waals surface area contributed by atoms with E-state index in [1.807, 2.05) is 12.1 Å². The number of halogens is 1. The van der Waals surface area contributed by atoms with Crippen LogP contribution >= 0.6 is 0 Å². The topological polar surface area (TPSA) is 45.0 Å². The van der Waals surface area contributed by atoms with E-state index in [1.165, 1.54) is 28.8 Å². The van der Waals surface area contributed by atoms with Gasteiger partial charge in [-0.2, -0.15) is 5.26 Å². The SMILES string of the molecule is C=C(N[C@H](CC(C)C)c1cc(C)cc(C)c1)c1cc(COc2cccc(F)c2)ccc1CCC#N. The molecule has 0 spiro atoms. The Balaban J connectivity index is 1.87. The van der Waals surface area contributed by atoms with Crippen molar-refractivity contribution >= 4 is 5.70 Å². The average molecular weight is 471 g/mol. The molecule has 35 heavy (non-hydrogen) atoms. The van der Waals surface area contributed by atoms with Crippen LogP contribution in [0.25, 0.3) is 5.70 Å². The highest BCUT2D eigenvalue weighted by atomic mass is 19.1. The van der Waals surface area contributed by atoms with Crippen molar-refractivity contribution in [3.63, 3.8) is 0 Å². The maximum atomic E-state index is 13.5. The Labute approximate surface area is 209 Å². The van der Waals surface area contributed by atoms with E-state index in [9.17, 15) is 4.39 Å². The van der Waals surface area contributed by atoms with Crippen LogP contribution < -0.4 is 10.1 Å². The van der Waals surface area contributed by atoms with E-state index in [2.05, 4.69) is 69.9 Å². The fourth-order valence-corrected chi connectivity index (χ4v) is 4.38. The second-order valence-electron chi connectivity index (χ2n) is 9.62. The Bertz CT molecular complexity index is 1190. The lowest BCUT2D eigenvalue weighted by Crippen LogP contribution is -2.22. The molecule has 0 aliphatic rings. The molecule has 4 heteroatoms. The van der Waals surface area contributed by atoms with Crippen molar-refractivity contribution in [3.8, 4) is 11.8 Å². The molecule has 0 unspecified atom stereocenters. The van der Waals surface area contributed by atoms with Gasteiger partial charge in [0.25, 0.3) is 0 Å². The highest BCUT2D eigenvalue weighted by Crippen LogP contribution is 2.28. The molecule has 0 fully saturated rings. The quantitative estimate of drug-likeness (QED) is 0.311. The Morgan fingerprint density at radius 3 is 2.46 bits per heavy atom. The molecule has 3 nitrogen and oxygen atoms in total. The highest BCUT2D eigenvalue weighted by Gasteiger charge is 2.17. The minimum absolute atomic E-state index is 0.122. The Hall–Kier alpha value is -3.58. The summed E-state index contributed by atoms with van der Waals surface area (Å²) < 4.78 is 19.3. The first-order valence-corrected chi connectivity index (χ1v) is 12.2. The van der Waals surface area contributed by atoms with Crippen molar-refractivity contribution in [2.45, 2.75) is 59.6 Å². The van der Waals surface area contributed by atoms with Crippen molar-refractivity contribution in [2.75, 3.05) is 0 Å². The molecule has 1 N–H and O–H groups in total. The van der Waals surface area contributed by atoms with E-state index in [1.54, 1.807) is 12.1 Å². The number of nitriles is 1. The maximum absolute atomic E-state index is 13.5. The van der Waals surface area contributed by atoms with E-state index in [-0.39, 0.29) is 11.9 Å². The molecule has 1 atom stereocenters. The molecular formula is C31H35FN2O. The number of aryl methyl sites for hydroxylation is 3. The van der Waals surface area contributed by atoms with E-state index >= 15 is 0 Å². The zero-order valence-corrected chi connectivity index (χ0v) is 21.2. The molecule has 0 bridgehead atoms. The van der Waals surface area contributed by atoms with Gasteiger partial charge in [0.15, 0.2) is 0 Å². The van der Waals surface area contributed by atoms with E-state index in [0.29, 0.717) is 31.1 Å². The van der Waals surface area contributed by atoms with Gasteiger partial charge in [0.2, 0.25) is 0 Å². The number of nitrogens with zero attached hydrogens (tertiary/aromatic N) is 1. The van der Waals surface area contributed by atoms with Crippen LogP contribution in [0.5, 0.6) is 5.75 Å². The van der Waals surface area contributed by atoms with Gasteiger partial charge in [-0.25, -0.2) is 4.39 Å². The Morgan fingerprint density at radius 1 is 1.06 bits per heavy atom. The third-order valence-electron chi connectivity index (χ3n) is 5.91. The van der Waals surface area contributed by atoms with Gasteiger partial charge in [0, 0.05) is 23.7 Å². The number of hydrogen-bond donors (Lipinski definition) is 1. The van der Waals surface area contributed by atoms with Crippen LogP contribution in [0.3, 0.4) is 0 Å². The summed E-state index contributed by atoms with van der Waals surface area (Å²) in [6.07, 6.45) is 2.06. The van der Waals surface area contributed by atoms with Crippen LogP contribution in [0.2, 0.25) is 0 Å². The molecule has 0 amide bonds. The molecule has 0 aliphatic heterocycles. The molecule has 0 heterocycles. The molecule has 0 aromatic heterocycles. The molecular weight excluding hydrogens is 435 g/mol. The standard InChI is InChI=1S/C31H35FN2O/c1-21(2)14-31(27-16-22(3)15-23(4)17-27)34-24(5)30-18-25(11-12-26(30)8-7-13-33)20-35-29-10-6-9-28(32)19-29/h6,9-12,15-19,21,31,34H,5,7-8,14,20H2,1-4H3/t31-/m1/s1. The molecule has 3 aromatic rings. The van der Waals surface area contributed by atoms with Gasteiger partial charge in [-0.15, -0.1) is 0 Å². The van der Waals surface area contributed by atoms with E-state index in [0.717, 1.165) is 28.8 Å². The summed E-state index contributed by atoms with van der Waals surface area (Å²) in [6, 6.07) is 21.3. The zero-order chi connectivity index (χ0) is 25.4. The van der Waals surface area contributed by atoms with Crippen molar-refractivity contribution in [1.82, 2.24) is 5.32 Å². The van der Waals surface area contributed by atoms with Gasteiger partial charge in [-0.1, -0.05) is 68.0 Å². The summed E-state index contributed by atoms with van der Waals surface area (Å²) in [5.74, 6) is 0.671. The number of nitrogens with one attached hydrogen (secondary N) is 1. The summed E-state index contributed by atoms with van der Waals surface area (Å²) in [6.45, 7) is 13.4. The lowest BCUT2D eigenvalue weighted by molar-refractivity contribution is 0.304. The zero-order valence-electron chi connectivity index (χ0n) is 21.2. The van der Waals surface area contributed by atoms with Crippen LogP contribution in [0, 0.1) is 36.9 Å². The van der Waals surface area contributed by atoms with Crippen molar-refractivity contribution in [2.24, 2.45) is 5.92 Å². The minimum atomic E-state index is -0.324. The lowest BCUT2D eigenvalue weighted by atomic mass is 9.93. The smallest absolute Gasteiger partial charge is 0.126 e. The summed E-state index contributed by atoms with van der Waals surface area (Å²) >= 11 is 0. The predicted octanol–water partition coefficient (Wildman–Crippen LogP) is 7.83. The van der Waals surface area contributed by atoms with Crippen LogP contribution in [0.1, 0.15) is 66.1 Å². The fraction of sp³-hybridized carbons (Fsp3) is 0.323. The number of benzene rings is 3. The average Bonchev–Trinajstić information content (AvgIpc) is 2.80. The summed E-state index contributed by atoms with van der Waals surface area (Å²) in [5.41, 5.74) is 7.58. The molecule has 3 rings (SSSR count). The lowest BCUT2D eigenvalue weighted by Gasteiger charge is -2.26. The van der Waals surface area contributed by atoms with Crippen LogP contribution in [-0.4, -0.2) is 0 Å². The Morgan fingerprint density at radius 2 is 1.80 bits per heavy atom. The van der Waals surface area contributed by atoms with Crippen molar-refractivity contribution in [1.29, 1.82) is 5.26 Å². The van der Waals surface area contributed by atoms with E-state index in [4.69, 9.17) is 10.00 Å². The van der Waals surface area contributed by atoms with Gasteiger partial charge < -0.3 is 10.1 Å². The van der Waals surface area contributed by atoms with Gasteiger partial charge in [-0.05, 0) is 67.5 Å². The fourth-order valence-electron chi connectivity index (χ4n) is 4.38. The third-order valence-corrected chi connectivity index (χ3v) is 5.91. The number of rotatable bonds is 11. The molecule has 3 aromatic carbocycles. The van der Waals surface area contributed by atoms with Gasteiger partial charge in [-0.3, -0.25) is 0 Å². The highest BCUT2D eigenvalue weighted by molar-refractivity contribution is 5.66. The van der Waals surface area contributed by atoms with Gasteiger partial charge in [0.05, 0.1) is 12.1 Å². The van der Waals surface area contributed by atoms with Gasteiger partial charge in [0.1, 0.15) is 18.2 Å². The first-order chi connectivity index (χ1) is 16.7. The molecule has 0 saturated heterocycles. The molecule has 0 radical (unpaired) electrons. The van der Waals surface area contributed by atoms with Crippen LogP contribution in [0.15, 0.2) is 67.2 Å². The van der Waals surface area contributed by atoms with Crippen molar-refractivity contribution in [3.05, 3.63) is 106 Å². The normalized spacial score (nSPS) is 11.7. The Kier molecular flexibility index (Phi) is 9.09. The third kappa shape index (κ3) is 7.72. The van der Waals surface area contributed by atoms with Gasteiger partial charge >= 0.3 is 0 Å². The van der Waals surface area contributed by atoms with Crippen LogP contribution in [0.4, 0.5) is 4.39 Å². The molecule has 0 saturated carbocycles. The summed E-state index contributed by atoms with van der Waals surface area (Å²) in [4.78, 5) is 0. The van der Waals surface area contributed by atoms with E-state index < -0.39 is 0 Å². The summed E-state index contributed by atoms with van der Waals surface area (Å²) in [7, 11) is 0. The second kappa shape index (κ2) is 12.2. The number of hydrogen-bond acceptors (Lipinski definition) is 3. The first kappa shape index (κ1) is 26.0. The molecule has 0 aliphatic carbocycles. The minimum Gasteiger partial charge on any atom is -0.489 e.